The highest BCUT2D eigenvalue weighted by Crippen LogP contribution is 2.20. The molecule has 0 aliphatic rings. The Morgan fingerprint density at radius 3 is 1.39 bits per heavy atom. The molecule has 3 aromatic carbocycles. The van der Waals surface area contributed by atoms with E-state index in [1.807, 2.05) is 61.0 Å². The fourth-order valence-electron chi connectivity index (χ4n) is 3.24. The van der Waals surface area contributed by atoms with E-state index in [0.29, 0.717) is 0 Å². The van der Waals surface area contributed by atoms with Crippen LogP contribution in [-0.2, 0) is 0 Å². The highest BCUT2D eigenvalue weighted by molar-refractivity contribution is 5.91. The molecule has 0 spiro atoms. The van der Waals surface area contributed by atoms with Gasteiger partial charge in [0.1, 0.15) is 0 Å². The van der Waals surface area contributed by atoms with Gasteiger partial charge in [-0.05, 0) is 48.5 Å². The van der Waals surface area contributed by atoms with Crippen LogP contribution >= 0.6 is 0 Å². The van der Waals surface area contributed by atoms with Crippen molar-refractivity contribution in [2.45, 2.75) is 0 Å². The second-order valence-electron chi connectivity index (χ2n) is 6.66. The maximum Gasteiger partial charge on any atom is 0.0632 e. The molecular weight excluding hydrogens is 344 g/mol. The minimum absolute atomic E-state index is 0.892. The molecule has 2 aromatic heterocycles. The van der Waals surface area contributed by atoms with Crippen LogP contribution < -0.4 is 0 Å². The first-order chi connectivity index (χ1) is 13.8. The Bertz CT molecular complexity index is 1130. The third kappa shape index (κ3) is 3.35. The largest absolute Gasteiger partial charge is 0.354 e. The zero-order chi connectivity index (χ0) is 18.8. The molecule has 5 aromatic rings. The van der Waals surface area contributed by atoms with Gasteiger partial charge < -0.3 is 9.97 Å². The van der Waals surface area contributed by atoms with Gasteiger partial charge in [-0.1, -0.05) is 36.4 Å². The zero-order valence-corrected chi connectivity index (χ0v) is 15.1. The van der Waals surface area contributed by atoms with Crippen LogP contribution in [0, 0.1) is 0 Å². The SMILES string of the molecule is C(=Nc1ccc(N=Cc2cc3ccccc3[nH]2)cc1)c1cc2ccccc2[nH]1. The van der Waals surface area contributed by atoms with E-state index in [4.69, 9.17) is 0 Å². The Morgan fingerprint density at radius 2 is 0.964 bits per heavy atom. The Hall–Kier alpha value is -3.92. The smallest absolute Gasteiger partial charge is 0.0632 e. The number of fused-ring (bicyclic) bond motifs is 2. The summed E-state index contributed by atoms with van der Waals surface area (Å²) in [5.74, 6) is 0. The van der Waals surface area contributed by atoms with Crippen molar-refractivity contribution in [2.75, 3.05) is 0 Å². The van der Waals surface area contributed by atoms with E-state index in [9.17, 15) is 0 Å². The summed E-state index contributed by atoms with van der Waals surface area (Å²) in [7, 11) is 0. The predicted octanol–water partition coefficient (Wildman–Crippen LogP) is 6.15. The van der Waals surface area contributed by atoms with E-state index in [-0.39, 0.29) is 0 Å². The number of para-hydroxylation sites is 2. The van der Waals surface area contributed by atoms with Crippen LogP contribution in [0.4, 0.5) is 11.4 Å². The van der Waals surface area contributed by atoms with Crippen molar-refractivity contribution in [3.05, 3.63) is 96.3 Å². The topological polar surface area (TPSA) is 56.3 Å². The molecule has 0 saturated heterocycles. The fourth-order valence-corrected chi connectivity index (χ4v) is 3.24. The van der Waals surface area contributed by atoms with Crippen molar-refractivity contribution >= 4 is 45.6 Å². The number of aromatic amines is 2. The lowest BCUT2D eigenvalue weighted by Gasteiger charge is -1.95. The summed E-state index contributed by atoms with van der Waals surface area (Å²) < 4.78 is 0. The van der Waals surface area contributed by atoms with Gasteiger partial charge in [-0.3, -0.25) is 9.98 Å². The molecule has 0 amide bonds. The molecule has 0 unspecified atom stereocenters. The van der Waals surface area contributed by atoms with E-state index in [0.717, 1.165) is 33.8 Å². The summed E-state index contributed by atoms with van der Waals surface area (Å²) >= 11 is 0. The molecule has 0 radical (unpaired) electrons. The molecule has 4 heteroatoms. The molecule has 134 valence electrons. The van der Waals surface area contributed by atoms with Gasteiger partial charge in [0.25, 0.3) is 0 Å². The van der Waals surface area contributed by atoms with E-state index in [1.54, 1.807) is 0 Å². The van der Waals surface area contributed by atoms with Crippen molar-refractivity contribution in [1.29, 1.82) is 0 Å². The molecule has 0 aliphatic carbocycles. The number of nitrogens with zero attached hydrogens (tertiary/aromatic N) is 2. The van der Waals surface area contributed by atoms with Crippen LogP contribution in [0.1, 0.15) is 11.4 Å². The molecular formula is C24H18N4. The van der Waals surface area contributed by atoms with Crippen LogP contribution in [0.2, 0.25) is 0 Å². The number of benzene rings is 3. The van der Waals surface area contributed by atoms with Crippen molar-refractivity contribution in [3.8, 4) is 0 Å². The molecule has 5 rings (SSSR count). The van der Waals surface area contributed by atoms with Gasteiger partial charge in [-0.15, -0.1) is 0 Å². The van der Waals surface area contributed by atoms with E-state index in [1.165, 1.54) is 10.8 Å². The molecule has 4 nitrogen and oxygen atoms in total. The molecule has 2 N–H and O–H groups in total. The van der Waals surface area contributed by atoms with Crippen LogP contribution in [0.5, 0.6) is 0 Å². The monoisotopic (exact) mass is 362 g/mol. The number of nitrogens with one attached hydrogen (secondary N) is 2. The molecule has 0 aliphatic heterocycles. The lowest BCUT2D eigenvalue weighted by molar-refractivity contribution is 1.41. The number of H-pyrrole nitrogens is 2. The van der Waals surface area contributed by atoms with Gasteiger partial charge in [0.2, 0.25) is 0 Å². The van der Waals surface area contributed by atoms with Crippen LogP contribution in [0.15, 0.2) is 94.9 Å². The second kappa shape index (κ2) is 7.00. The number of rotatable bonds is 4. The first-order valence-corrected chi connectivity index (χ1v) is 9.17. The molecule has 28 heavy (non-hydrogen) atoms. The minimum atomic E-state index is 0.892. The highest BCUT2D eigenvalue weighted by atomic mass is 14.8. The standard InChI is InChI=1S/C24H18N4/c1-3-7-23-17(5-1)13-21(27-23)15-25-19-9-11-20(12-10-19)26-16-22-14-18-6-2-4-8-24(18)28-22/h1-16,27-28H. The lowest BCUT2D eigenvalue weighted by Crippen LogP contribution is -1.79. The van der Waals surface area contributed by atoms with E-state index < -0.39 is 0 Å². The molecule has 0 atom stereocenters. The summed E-state index contributed by atoms with van der Waals surface area (Å²) in [5.41, 5.74) is 5.99. The second-order valence-corrected chi connectivity index (χ2v) is 6.66. The van der Waals surface area contributed by atoms with Crippen molar-refractivity contribution in [3.63, 3.8) is 0 Å². The summed E-state index contributed by atoms with van der Waals surface area (Å²) in [5, 5.41) is 2.37. The Balaban J connectivity index is 1.30. The summed E-state index contributed by atoms with van der Waals surface area (Å²) in [6, 6.07) is 28.5. The maximum atomic E-state index is 4.55. The van der Waals surface area contributed by atoms with Crippen molar-refractivity contribution < 1.29 is 0 Å². The maximum absolute atomic E-state index is 4.55. The first kappa shape index (κ1) is 16.3. The fraction of sp³-hybridized carbons (Fsp3) is 0. The van der Waals surface area contributed by atoms with Crippen molar-refractivity contribution in [2.24, 2.45) is 9.98 Å². The molecule has 0 saturated carbocycles. The molecule has 0 fully saturated rings. The number of aromatic nitrogens is 2. The summed E-state index contributed by atoms with van der Waals surface area (Å²) in [4.78, 5) is 15.8. The lowest BCUT2D eigenvalue weighted by atomic mass is 10.2. The molecule has 0 bridgehead atoms. The summed E-state index contributed by atoms with van der Waals surface area (Å²) in [6.07, 6.45) is 3.70. The van der Waals surface area contributed by atoms with Gasteiger partial charge in [0.05, 0.1) is 35.2 Å². The Labute approximate surface area is 162 Å². The van der Waals surface area contributed by atoms with Gasteiger partial charge in [-0.2, -0.15) is 0 Å². The van der Waals surface area contributed by atoms with Crippen LogP contribution in [0.3, 0.4) is 0 Å². The number of hydrogen-bond acceptors (Lipinski definition) is 2. The quantitative estimate of drug-likeness (QED) is 0.360. The summed E-state index contributed by atoms with van der Waals surface area (Å²) in [6.45, 7) is 0. The number of hydrogen-bond donors (Lipinski definition) is 2. The third-order valence-corrected chi connectivity index (χ3v) is 4.66. The minimum Gasteiger partial charge on any atom is -0.354 e. The average molecular weight is 362 g/mol. The van der Waals surface area contributed by atoms with Gasteiger partial charge >= 0.3 is 0 Å². The van der Waals surface area contributed by atoms with Crippen molar-refractivity contribution in [1.82, 2.24) is 9.97 Å². The van der Waals surface area contributed by atoms with Gasteiger partial charge in [-0.25, -0.2) is 0 Å². The highest BCUT2D eigenvalue weighted by Gasteiger charge is 1.98. The number of aliphatic imine (C=N–C) groups is 2. The third-order valence-electron chi connectivity index (χ3n) is 4.66. The van der Waals surface area contributed by atoms with Crippen LogP contribution in [-0.4, -0.2) is 22.4 Å². The van der Waals surface area contributed by atoms with Crippen LogP contribution in [0.25, 0.3) is 21.8 Å². The zero-order valence-electron chi connectivity index (χ0n) is 15.1. The Morgan fingerprint density at radius 1 is 0.536 bits per heavy atom. The average Bonchev–Trinajstić information content (AvgIpc) is 3.34. The molecule has 2 heterocycles. The van der Waals surface area contributed by atoms with E-state index in [2.05, 4.69) is 56.4 Å². The van der Waals surface area contributed by atoms with Gasteiger partial charge in [0.15, 0.2) is 0 Å². The van der Waals surface area contributed by atoms with Gasteiger partial charge in [0, 0.05) is 21.8 Å². The Kier molecular flexibility index (Phi) is 4.07. The normalized spacial score (nSPS) is 12.0. The predicted molar refractivity (Wildman–Crippen MR) is 118 cm³/mol. The van der Waals surface area contributed by atoms with E-state index >= 15 is 0 Å². The first-order valence-electron chi connectivity index (χ1n) is 9.17.